The standard InChI is InChI=1S/C21H24N2O3/c1-13-19-8-5-10-23(25)11-9-20(18(19)23)14-6-3-4-7-16(14)22-21(13,20)15(12-19)17(24)26-2/h3-8,13,15,18,22H,9-12H2,1-2H3/t13-,15+,18+,19+,20-,21+,23?/m1/s1. The van der Waals surface area contributed by atoms with Crippen LogP contribution in [-0.2, 0) is 14.9 Å². The van der Waals surface area contributed by atoms with E-state index in [-0.39, 0.29) is 39.3 Å². The predicted molar refractivity (Wildman–Crippen MR) is 97.1 cm³/mol. The minimum Gasteiger partial charge on any atom is -0.632 e. The van der Waals surface area contributed by atoms with Crippen LogP contribution in [0.25, 0.3) is 0 Å². The van der Waals surface area contributed by atoms with E-state index in [4.69, 9.17) is 4.74 Å². The van der Waals surface area contributed by atoms with Gasteiger partial charge in [-0.15, -0.1) is 0 Å². The minimum atomic E-state index is -0.423. The maximum atomic E-state index is 13.9. The molecule has 5 nitrogen and oxygen atoms in total. The Kier molecular flexibility index (Phi) is 2.45. The molecule has 7 atom stereocenters. The van der Waals surface area contributed by atoms with E-state index in [9.17, 15) is 10.0 Å². The van der Waals surface area contributed by atoms with Crippen molar-refractivity contribution in [3.8, 4) is 0 Å². The third kappa shape index (κ3) is 1.19. The van der Waals surface area contributed by atoms with Crippen molar-refractivity contribution in [3.05, 3.63) is 47.2 Å². The van der Waals surface area contributed by atoms with Crippen molar-refractivity contribution in [2.24, 2.45) is 17.3 Å². The van der Waals surface area contributed by atoms with Crippen molar-refractivity contribution in [1.29, 1.82) is 0 Å². The van der Waals surface area contributed by atoms with E-state index in [0.29, 0.717) is 19.5 Å². The number of hydroxylamine groups is 3. The van der Waals surface area contributed by atoms with Crippen LogP contribution >= 0.6 is 0 Å². The predicted octanol–water partition coefficient (Wildman–Crippen LogP) is 2.57. The Bertz CT molecular complexity index is 884. The molecule has 26 heavy (non-hydrogen) atoms. The number of hydrogen-bond donors (Lipinski definition) is 1. The Morgan fingerprint density at radius 1 is 1.38 bits per heavy atom. The Labute approximate surface area is 153 Å². The highest BCUT2D eigenvalue weighted by molar-refractivity contribution is 5.82. The molecule has 6 rings (SSSR count). The molecule has 2 aliphatic carbocycles. The summed E-state index contributed by atoms with van der Waals surface area (Å²) >= 11 is 0. The number of ether oxygens (including phenoxy) is 1. The molecule has 3 heterocycles. The molecule has 2 bridgehead atoms. The van der Waals surface area contributed by atoms with Crippen LogP contribution in [0.4, 0.5) is 5.69 Å². The van der Waals surface area contributed by atoms with Gasteiger partial charge in [0.1, 0.15) is 6.04 Å². The molecule has 2 saturated carbocycles. The van der Waals surface area contributed by atoms with Crippen LogP contribution in [-0.4, -0.2) is 42.4 Å². The second kappa shape index (κ2) is 4.18. The highest BCUT2D eigenvalue weighted by Crippen LogP contribution is 2.80. The van der Waals surface area contributed by atoms with Crippen LogP contribution in [0.3, 0.4) is 0 Å². The molecule has 1 aromatic rings. The van der Waals surface area contributed by atoms with Crippen LogP contribution in [0.5, 0.6) is 0 Å². The number of anilines is 1. The summed E-state index contributed by atoms with van der Waals surface area (Å²) in [7, 11) is 1.48. The first-order chi connectivity index (χ1) is 12.5. The number of hydrogen-bond acceptors (Lipinski definition) is 4. The molecule has 1 N–H and O–H groups in total. The van der Waals surface area contributed by atoms with E-state index < -0.39 is 5.54 Å². The number of para-hydroxylation sites is 1. The molecule has 1 unspecified atom stereocenters. The van der Waals surface area contributed by atoms with Gasteiger partial charge in [0, 0.05) is 17.5 Å². The number of esters is 1. The van der Waals surface area contributed by atoms with E-state index in [2.05, 4.69) is 42.6 Å². The lowest BCUT2D eigenvalue weighted by atomic mass is 9.57. The Morgan fingerprint density at radius 2 is 2.19 bits per heavy atom. The molecule has 0 radical (unpaired) electrons. The summed E-state index contributed by atoms with van der Waals surface area (Å²) in [6.07, 6.45) is 5.93. The summed E-state index contributed by atoms with van der Waals surface area (Å²) in [6, 6.07) is 8.39. The third-order valence-electron chi connectivity index (χ3n) is 8.74. The molecule has 1 aromatic carbocycles. The van der Waals surface area contributed by atoms with Crippen LogP contribution < -0.4 is 5.32 Å². The van der Waals surface area contributed by atoms with Gasteiger partial charge in [0.05, 0.1) is 37.1 Å². The van der Waals surface area contributed by atoms with Crippen LogP contribution in [0.2, 0.25) is 0 Å². The van der Waals surface area contributed by atoms with E-state index in [0.717, 1.165) is 12.1 Å². The van der Waals surface area contributed by atoms with Gasteiger partial charge >= 0.3 is 5.97 Å². The van der Waals surface area contributed by atoms with Crippen LogP contribution in [0.1, 0.15) is 25.3 Å². The van der Waals surface area contributed by atoms with Gasteiger partial charge in [0.25, 0.3) is 0 Å². The normalized spacial score (nSPS) is 51.6. The average molecular weight is 352 g/mol. The van der Waals surface area contributed by atoms with Gasteiger partial charge in [-0.05, 0) is 30.0 Å². The number of fused-ring (bicyclic) bond motifs is 1. The molecule has 3 fully saturated rings. The van der Waals surface area contributed by atoms with Gasteiger partial charge in [-0.25, -0.2) is 0 Å². The molecule has 0 amide bonds. The van der Waals surface area contributed by atoms with Crippen LogP contribution in [0, 0.1) is 22.5 Å². The van der Waals surface area contributed by atoms with Gasteiger partial charge in [0.15, 0.2) is 0 Å². The van der Waals surface area contributed by atoms with Crippen molar-refractivity contribution in [3.63, 3.8) is 0 Å². The van der Waals surface area contributed by atoms with Gasteiger partial charge in [-0.1, -0.05) is 31.2 Å². The van der Waals surface area contributed by atoms with Crippen molar-refractivity contribution < 1.29 is 14.2 Å². The summed E-state index contributed by atoms with van der Waals surface area (Å²) in [5.41, 5.74) is 1.42. The van der Waals surface area contributed by atoms with Crippen molar-refractivity contribution in [2.45, 2.75) is 36.8 Å². The fraction of sp³-hybridized carbons (Fsp3) is 0.571. The molecular formula is C21H24N2O3. The number of nitrogens with zero attached hydrogens (tertiary/aromatic N) is 1. The molecule has 0 aromatic heterocycles. The van der Waals surface area contributed by atoms with Gasteiger partial charge in [-0.3, -0.25) is 4.79 Å². The number of quaternary nitrogens is 1. The molecule has 3 aliphatic heterocycles. The summed E-state index contributed by atoms with van der Waals surface area (Å²) in [4.78, 5) is 12.9. The first-order valence-corrected chi connectivity index (χ1v) is 9.67. The SMILES string of the molecule is COC(=O)[C@@H]1C[C@@]23C=CC[N+]4([O-])CC[C@@]5(c6ccccc6N[C@@]15[C@@H]2C)[C@H]34. The number of methoxy groups -OCH3 is 1. The fourth-order valence-corrected chi connectivity index (χ4v) is 8.20. The molecular weight excluding hydrogens is 328 g/mol. The maximum Gasteiger partial charge on any atom is 0.311 e. The number of benzene rings is 1. The third-order valence-corrected chi connectivity index (χ3v) is 8.74. The van der Waals surface area contributed by atoms with Gasteiger partial charge in [0.2, 0.25) is 0 Å². The van der Waals surface area contributed by atoms with E-state index in [1.807, 2.05) is 6.07 Å². The molecule has 136 valence electrons. The Morgan fingerprint density at radius 3 is 3.00 bits per heavy atom. The first-order valence-electron chi connectivity index (χ1n) is 9.67. The molecule has 5 heteroatoms. The smallest absolute Gasteiger partial charge is 0.311 e. The summed E-state index contributed by atoms with van der Waals surface area (Å²) in [6.45, 7) is 3.44. The van der Waals surface area contributed by atoms with E-state index in [1.54, 1.807) is 0 Å². The van der Waals surface area contributed by atoms with E-state index in [1.165, 1.54) is 12.7 Å². The topological polar surface area (TPSA) is 61.4 Å². The highest BCUT2D eigenvalue weighted by atomic mass is 16.6. The molecule has 1 saturated heterocycles. The number of carbonyl (C=O) groups excluding carboxylic acids is 1. The largest absolute Gasteiger partial charge is 0.632 e. The fourth-order valence-electron chi connectivity index (χ4n) is 8.20. The zero-order chi connectivity index (χ0) is 17.9. The Balaban J connectivity index is 1.71. The zero-order valence-electron chi connectivity index (χ0n) is 15.2. The van der Waals surface area contributed by atoms with Crippen molar-refractivity contribution in [2.75, 3.05) is 25.5 Å². The summed E-state index contributed by atoms with van der Waals surface area (Å²) in [5.74, 6) is -0.151. The zero-order valence-corrected chi connectivity index (χ0v) is 15.2. The van der Waals surface area contributed by atoms with Gasteiger partial charge < -0.3 is 19.9 Å². The minimum absolute atomic E-state index is 0.00736. The second-order valence-corrected chi connectivity index (χ2v) is 9.04. The van der Waals surface area contributed by atoms with Crippen LogP contribution in [0.15, 0.2) is 36.4 Å². The van der Waals surface area contributed by atoms with E-state index >= 15 is 0 Å². The first kappa shape index (κ1) is 15.2. The number of nitrogens with one attached hydrogen (secondary N) is 1. The number of carbonyl (C=O) groups is 1. The average Bonchev–Trinajstić information content (AvgIpc) is 3.27. The Hall–Kier alpha value is -1.85. The quantitative estimate of drug-likeness (QED) is 0.365. The lowest BCUT2D eigenvalue weighted by molar-refractivity contribution is -0.897. The summed E-state index contributed by atoms with van der Waals surface area (Å²) in [5, 5.41) is 17.7. The monoisotopic (exact) mass is 352 g/mol. The maximum absolute atomic E-state index is 13.9. The second-order valence-electron chi connectivity index (χ2n) is 9.04. The lowest BCUT2D eigenvalue weighted by Gasteiger charge is -2.56. The highest BCUT2D eigenvalue weighted by Gasteiger charge is 2.89. The number of rotatable bonds is 1. The van der Waals surface area contributed by atoms with Crippen molar-refractivity contribution >= 4 is 11.7 Å². The molecule has 3 spiro atoms. The molecule has 5 aliphatic rings. The van der Waals surface area contributed by atoms with Crippen molar-refractivity contribution in [1.82, 2.24) is 0 Å². The lowest BCUT2D eigenvalue weighted by Crippen LogP contribution is -2.66. The van der Waals surface area contributed by atoms with Gasteiger partial charge in [-0.2, -0.15) is 0 Å². The summed E-state index contributed by atoms with van der Waals surface area (Å²) < 4.78 is 5.12.